The van der Waals surface area contributed by atoms with Gasteiger partial charge in [0.25, 0.3) is 0 Å². The van der Waals surface area contributed by atoms with Gasteiger partial charge in [0, 0.05) is 29.4 Å². The highest BCUT2D eigenvalue weighted by Gasteiger charge is 2.20. The van der Waals surface area contributed by atoms with Gasteiger partial charge < -0.3 is 4.90 Å². The highest BCUT2D eigenvalue weighted by Crippen LogP contribution is 2.20. The monoisotopic (exact) mass is 345 g/mol. The normalized spacial score (nSPS) is 11.3. The first-order valence-corrected chi connectivity index (χ1v) is 9.17. The molecule has 0 saturated carbocycles. The quantitative estimate of drug-likeness (QED) is 0.711. The molecule has 0 N–H and O–H groups in total. The molecule has 0 spiro atoms. The summed E-state index contributed by atoms with van der Waals surface area (Å²) in [6.07, 6.45) is 0. The van der Waals surface area contributed by atoms with E-state index in [1.54, 1.807) is 25.1 Å². The fraction of sp³-hybridized carbons (Fsp3) is 0.467. The minimum atomic E-state index is -3.36. The Balaban J connectivity index is 2.91. The number of benzene rings is 1. The van der Waals surface area contributed by atoms with Gasteiger partial charge in [-0.05, 0) is 25.5 Å². The van der Waals surface area contributed by atoms with E-state index in [2.05, 4.69) is 0 Å². The van der Waals surface area contributed by atoms with Crippen LogP contribution >= 0.6 is 11.6 Å². The number of carbonyl (C=O) groups excluding carboxylic acids is 2. The number of ketones is 1. The van der Waals surface area contributed by atoms with E-state index in [9.17, 15) is 18.0 Å². The number of Topliss-reactive ketones (excluding diaryl/α,β-unsaturated/α-hetero) is 1. The zero-order valence-corrected chi connectivity index (χ0v) is 14.5. The number of sulfone groups is 1. The Labute approximate surface area is 136 Å². The van der Waals surface area contributed by atoms with Crippen LogP contribution in [0.5, 0.6) is 0 Å². The van der Waals surface area contributed by atoms with Crippen LogP contribution in [0.4, 0.5) is 0 Å². The molecule has 0 fully saturated rings. The Hall–Kier alpha value is -1.40. The van der Waals surface area contributed by atoms with Crippen LogP contribution in [0.1, 0.15) is 36.7 Å². The van der Waals surface area contributed by atoms with E-state index in [1.165, 1.54) is 18.7 Å². The summed E-state index contributed by atoms with van der Waals surface area (Å²) in [7, 11) is -3.36. The van der Waals surface area contributed by atoms with E-state index in [1.807, 2.05) is 0 Å². The Morgan fingerprint density at radius 2 is 1.86 bits per heavy atom. The summed E-state index contributed by atoms with van der Waals surface area (Å²) in [6, 6.07) is 4.88. The van der Waals surface area contributed by atoms with Crippen molar-refractivity contribution in [3.8, 4) is 0 Å². The summed E-state index contributed by atoms with van der Waals surface area (Å²) in [4.78, 5) is 24.8. The lowest BCUT2D eigenvalue weighted by atomic mass is 10.1. The molecular formula is C15H20ClNO4S. The Kier molecular flexibility index (Phi) is 6.56. The van der Waals surface area contributed by atoms with E-state index in [0.717, 1.165) is 0 Å². The molecule has 0 saturated heterocycles. The highest BCUT2D eigenvalue weighted by atomic mass is 35.5. The number of amides is 1. The number of carbonyl (C=O) groups is 2. The average Bonchev–Trinajstić information content (AvgIpc) is 2.45. The van der Waals surface area contributed by atoms with Crippen LogP contribution < -0.4 is 0 Å². The lowest BCUT2D eigenvalue weighted by molar-refractivity contribution is -0.128. The fourth-order valence-corrected chi connectivity index (χ4v) is 2.86. The van der Waals surface area contributed by atoms with Gasteiger partial charge >= 0.3 is 0 Å². The smallest absolute Gasteiger partial charge is 0.238 e. The second kappa shape index (κ2) is 7.74. The minimum Gasteiger partial charge on any atom is -0.338 e. The molecule has 0 radical (unpaired) electrons. The zero-order chi connectivity index (χ0) is 16.9. The zero-order valence-electron chi connectivity index (χ0n) is 12.9. The molecule has 1 aromatic rings. The third-order valence-corrected chi connectivity index (χ3v) is 5.26. The number of hydrogen-bond acceptors (Lipinski definition) is 4. The van der Waals surface area contributed by atoms with Gasteiger partial charge in [-0.15, -0.1) is 0 Å². The molecule has 122 valence electrons. The predicted octanol–water partition coefficient (Wildman–Crippen LogP) is 2.33. The van der Waals surface area contributed by atoms with E-state index < -0.39 is 21.5 Å². The van der Waals surface area contributed by atoms with E-state index in [0.29, 0.717) is 22.7 Å². The van der Waals surface area contributed by atoms with Gasteiger partial charge in [-0.3, -0.25) is 9.59 Å². The number of halogens is 1. The first-order valence-electron chi connectivity index (χ1n) is 6.97. The van der Waals surface area contributed by atoms with Gasteiger partial charge in [0.05, 0.1) is 0 Å². The number of rotatable bonds is 7. The van der Waals surface area contributed by atoms with Crippen molar-refractivity contribution in [3.05, 3.63) is 34.3 Å². The predicted molar refractivity (Wildman–Crippen MR) is 86.9 cm³/mol. The van der Waals surface area contributed by atoms with Crippen LogP contribution in [0.25, 0.3) is 0 Å². The molecule has 1 amide bonds. The SMILES string of the molecule is CCN(Cc1ccc(C(C)=O)cc1Cl)C(=O)CS(=O)(=O)CC. The minimum absolute atomic E-state index is 0.0651. The first-order chi connectivity index (χ1) is 10.2. The van der Waals surface area contributed by atoms with Crippen LogP contribution in [0, 0.1) is 0 Å². The van der Waals surface area contributed by atoms with Crippen molar-refractivity contribution >= 4 is 33.1 Å². The summed E-state index contributed by atoms with van der Waals surface area (Å²) >= 11 is 6.13. The van der Waals surface area contributed by atoms with Crippen molar-refractivity contribution in [2.45, 2.75) is 27.3 Å². The summed E-state index contributed by atoms with van der Waals surface area (Å²) in [5, 5.41) is 0.386. The lowest BCUT2D eigenvalue weighted by Gasteiger charge is -2.21. The van der Waals surface area contributed by atoms with Crippen LogP contribution in [-0.4, -0.2) is 43.1 Å². The summed E-state index contributed by atoms with van der Waals surface area (Å²) in [6.45, 7) is 5.32. The first kappa shape index (κ1) is 18.6. The Morgan fingerprint density at radius 1 is 1.23 bits per heavy atom. The van der Waals surface area contributed by atoms with Crippen molar-refractivity contribution in [1.82, 2.24) is 4.90 Å². The molecular weight excluding hydrogens is 326 g/mol. The molecule has 0 aromatic heterocycles. The third kappa shape index (κ3) is 5.10. The van der Waals surface area contributed by atoms with Crippen molar-refractivity contribution in [2.75, 3.05) is 18.1 Å². The van der Waals surface area contributed by atoms with Crippen molar-refractivity contribution < 1.29 is 18.0 Å². The highest BCUT2D eigenvalue weighted by molar-refractivity contribution is 7.92. The van der Waals surface area contributed by atoms with E-state index >= 15 is 0 Å². The van der Waals surface area contributed by atoms with E-state index in [-0.39, 0.29) is 18.1 Å². The van der Waals surface area contributed by atoms with Crippen LogP contribution in [0.3, 0.4) is 0 Å². The van der Waals surface area contributed by atoms with Crippen LogP contribution in [-0.2, 0) is 21.2 Å². The summed E-state index contributed by atoms with van der Waals surface area (Å²) < 4.78 is 23.1. The maximum Gasteiger partial charge on any atom is 0.238 e. The van der Waals surface area contributed by atoms with Gasteiger partial charge in [-0.25, -0.2) is 8.42 Å². The van der Waals surface area contributed by atoms with Crippen LogP contribution in [0.15, 0.2) is 18.2 Å². The van der Waals surface area contributed by atoms with Gasteiger partial charge in [0.15, 0.2) is 15.6 Å². The largest absolute Gasteiger partial charge is 0.338 e. The summed E-state index contributed by atoms with van der Waals surface area (Å²) in [5.74, 6) is -1.10. The molecule has 0 aliphatic rings. The molecule has 0 aliphatic heterocycles. The topological polar surface area (TPSA) is 71.5 Å². The standard InChI is InChI=1S/C15H20ClNO4S/c1-4-17(15(19)10-22(20,21)5-2)9-13-7-6-12(11(3)18)8-14(13)16/h6-8H,4-5,9-10H2,1-3H3. The molecule has 0 heterocycles. The molecule has 22 heavy (non-hydrogen) atoms. The van der Waals surface area contributed by atoms with Gasteiger partial charge in [-0.1, -0.05) is 30.7 Å². The van der Waals surface area contributed by atoms with Crippen molar-refractivity contribution in [1.29, 1.82) is 0 Å². The molecule has 1 rings (SSSR count). The summed E-state index contributed by atoms with van der Waals surface area (Å²) in [5.41, 5.74) is 1.17. The molecule has 1 aromatic carbocycles. The second-order valence-corrected chi connectivity index (χ2v) is 7.71. The van der Waals surface area contributed by atoms with Crippen molar-refractivity contribution in [2.24, 2.45) is 0 Å². The number of nitrogens with zero attached hydrogens (tertiary/aromatic N) is 1. The fourth-order valence-electron chi connectivity index (χ4n) is 1.86. The molecule has 0 aliphatic carbocycles. The van der Waals surface area contributed by atoms with E-state index in [4.69, 9.17) is 11.6 Å². The second-order valence-electron chi connectivity index (χ2n) is 4.95. The Morgan fingerprint density at radius 3 is 2.32 bits per heavy atom. The van der Waals surface area contributed by atoms with Gasteiger partial charge in [0.2, 0.25) is 5.91 Å². The van der Waals surface area contributed by atoms with Gasteiger partial charge in [0.1, 0.15) is 5.75 Å². The Bertz CT molecular complexity index is 670. The van der Waals surface area contributed by atoms with Crippen LogP contribution in [0.2, 0.25) is 5.02 Å². The third-order valence-electron chi connectivity index (χ3n) is 3.34. The lowest BCUT2D eigenvalue weighted by Crippen LogP contribution is -2.35. The van der Waals surface area contributed by atoms with Gasteiger partial charge in [-0.2, -0.15) is 0 Å². The average molecular weight is 346 g/mol. The maximum atomic E-state index is 12.1. The molecule has 0 atom stereocenters. The van der Waals surface area contributed by atoms with Crippen molar-refractivity contribution in [3.63, 3.8) is 0 Å². The maximum absolute atomic E-state index is 12.1. The molecule has 0 bridgehead atoms. The molecule has 7 heteroatoms. The molecule has 0 unspecified atom stereocenters. The number of hydrogen-bond donors (Lipinski definition) is 0. The molecule has 5 nitrogen and oxygen atoms in total.